The number of rotatable bonds is 5. The van der Waals surface area contributed by atoms with Crippen molar-refractivity contribution in [3.05, 3.63) is 29.8 Å². The number of aliphatic carboxylic acids is 1. The van der Waals surface area contributed by atoms with E-state index < -0.39 is 23.5 Å². The number of carboxylic acids is 1. The third kappa shape index (κ3) is 5.52. The smallest absolute Gasteiger partial charge is 0.446 e. The lowest BCUT2D eigenvalue weighted by Gasteiger charge is -2.14. The zero-order valence-corrected chi connectivity index (χ0v) is 10.8. The van der Waals surface area contributed by atoms with E-state index >= 15 is 0 Å². The van der Waals surface area contributed by atoms with Gasteiger partial charge in [-0.25, -0.2) is 0 Å². The maximum Gasteiger partial charge on any atom is 0.446 e. The lowest BCUT2D eigenvalue weighted by molar-refractivity contribution is -0.142. The fourth-order valence-corrected chi connectivity index (χ4v) is 2.00. The Morgan fingerprint density at radius 1 is 1.32 bits per heavy atom. The number of halogens is 3. The maximum atomic E-state index is 12.1. The quantitative estimate of drug-likeness (QED) is 0.817. The van der Waals surface area contributed by atoms with Crippen LogP contribution in [0.3, 0.4) is 0 Å². The Morgan fingerprint density at radius 3 is 2.26 bits per heavy atom. The topological polar surface area (TPSA) is 57.5 Å². The average molecular weight is 294 g/mol. The molecule has 0 saturated carbocycles. The van der Waals surface area contributed by atoms with Crippen molar-refractivity contribution >= 4 is 17.7 Å². The maximum absolute atomic E-state index is 12.1. The monoisotopic (exact) mass is 294 g/mol. The van der Waals surface area contributed by atoms with E-state index in [9.17, 15) is 23.1 Å². The molecule has 19 heavy (non-hydrogen) atoms. The highest BCUT2D eigenvalue weighted by Gasteiger charge is 2.29. The summed E-state index contributed by atoms with van der Waals surface area (Å²) in [4.78, 5) is 10.7. The molecule has 0 aliphatic carbocycles. The van der Waals surface area contributed by atoms with Crippen LogP contribution in [0, 0.1) is 5.92 Å². The molecule has 0 heterocycles. The Morgan fingerprint density at radius 2 is 1.84 bits per heavy atom. The van der Waals surface area contributed by atoms with Gasteiger partial charge in [-0.2, -0.15) is 13.2 Å². The first-order valence-electron chi connectivity index (χ1n) is 5.45. The molecule has 3 nitrogen and oxygen atoms in total. The number of alkyl halides is 3. The Bertz CT molecular complexity index is 431. The van der Waals surface area contributed by atoms with Gasteiger partial charge in [0.05, 0.1) is 12.0 Å². The van der Waals surface area contributed by atoms with E-state index in [-0.39, 0.29) is 23.1 Å². The van der Waals surface area contributed by atoms with E-state index in [0.29, 0.717) is 5.56 Å². The zero-order chi connectivity index (χ0) is 14.6. The Balaban J connectivity index is 2.68. The second-order valence-corrected chi connectivity index (χ2v) is 5.25. The minimum absolute atomic E-state index is 0.0150. The fourth-order valence-electron chi connectivity index (χ4n) is 1.46. The number of carboxylic acid groups (broad SMARTS) is 1. The van der Waals surface area contributed by atoms with Crippen molar-refractivity contribution in [2.24, 2.45) is 5.92 Å². The summed E-state index contributed by atoms with van der Waals surface area (Å²) in [6.07, 6.45) is -0.989. The summed E-state index contributed by atoms with van der Waals surface area (Å²) in [6.45, 7) is 1.46. The Kier molecular flexibility index (Phi) is 5.25. The van der Waals surface area contributed by atoms with Crippen molar-refractivity contribution in [3.63, 3.8) is 0 Å². The summed E-state index contributed by atoms with van der Waals surface area (Å²) in [7, 11) is 0. The number of carbonyl (C=O) groups is 1. The number of hydrogen-bond donors (Lipinski definition) is 2. The van der Waals surface area contributed by atoms with Gasteiger partial charge in [0.1, 0.15) is 0 Å². The van der Waals surface area contributed by atoms with Crippen LogP contribution in [-0.2, 0) is 4.79 Å². The molecule has 0 fully saturated rings. The summed E-state index contributed by atoms with van der Waals surface area (Å²) < 4.78 is 36.3. The lowest BCUT2D eigenvalue weighted by atomic mass is 9.98. The fraction of sp³-hybridized carbons (Fsp3) is 0.417. The molecule has 0 aliphatic heterocycles. The molecule has 1 rings (SSSR count). The van der Waals surface area contributed by atoms with Crippen molar-refractivity contribution in [2.45, 2.75) is 29.9 Å². The minimum Gasteiger partial charge on any atom is -0.481 e. The van der Waals surface area contributed by atoms with E-state index in [1.54, 1.807) is 0 Å². The first kappa shape index (κ1) is 15.8. The van der Waals surface area contributed by atoms with Crippen molar-refractivity contribution in [3.8, 4) is 0 Å². The molecule has 2 N–H and O–H groups in total. The SMILES string of the molecule is CC(CC(O)c1ccc(SC(F)(F)F)cc1)C(=O)O. The van der Waals surface area contributed by atoms with Crippen molar-refractivity contribution < 1.29 is 28.2 Å². The van der Waals surface area contributed by atoms with Crippen LogP contribution in [0.25, 0.3) is 0 Å². The molecule has 0 radical (unpaired) electrons. The summed E-state index contributed by atoms with van der Waals surface area (Å²) in [5.41, 5.74) is -3.95. The molecular formula is C12H13F3O3S. The standard InChI is InChI=1S/C12H13F3O3S/c1-7(11(17)18)6-10(16)8-2-4-9(5-3-8)19-12(13,14)15/h2-5,7,10,16H,6H2,1H3,(H,17,18). The molecule has 0 amide bonds. The number of aliphatic hydroxyl groups is 1. The largest absolute Gasteiger partial charge is 0.481 e. The molecular weight excluding hydrogens is 281 g/mol. The van der Waals surface area contributed by atoms with Gasteiger partial charge < -0.3 is 10.2 Å². The van der Waals surface area contributed by atoms with E-state index in [2.05, 4.69) is 0 Å². The highest BCUT2D eigenvalue weighted by atomic mass is 32.2. The highest BCUT2D eigenvalue weighted by Crippen LogP contribution is 2.37. The van der Waals surface area contributed by atoms with Gasteiger partial charge in [-0.15, -0.1) is 0 Å². The third-order valence-corrected chi connectivity index (χ3v) is 3.24. The van der Waals surface area contributed by atoms with Crippen LogP contribution in [0.15, 0.2) is 29.2 Å². The van der Waals surface area contributed by atoms with Gasteiger partial charge in [0.25, 0.3) is 0 Å². The van der Waals surface area contributed by atoms with Gasteiger partial charge >= 0.3 is 11.5 Å². The summed E-state index contributed by atoms with van der Waals surface area (Å²) in [5, 5.41) is 18.5. The number of aliphatic hydroxyl groups excluding tert-OH is 1. The second-order valence-electron chi connectivity index (χ2n) is 4.11. The molecule has 7 heteroatoms. The molecule has 2 atom stereocenters. The molecule has 1 aromatic carbocycles. The van der Waals surface area contributed by atoms with Crippen molar-refractivity contribution in [2.75, 3.05) is 0 Å². The van der Waals surface area contributed by atoms with Crippen molar-refractivity contribution in [1.82, 2.24) is 0 Å². The van der Waals surface area contributed by atoms with Gasteiger partial charge in [-0.1, -0.05) is 19.1 Å². The number of hydrogen-bond acceptors (Lipinski definition) is 3. The lowest BCUT2D eigenvalue weighted by Crippen LogP contribution is -2.13. The molecule has 0 bridgehead atoms. The van der Waals surface area contributed by atoms with E-state index in [4.69, 9.17) is 5.11 Å². The van der Waals surface area contributed by atoms with Crippen LogP contribution in [0.5, 0.6) is 0 Å². The highest BCUT2D eigenvalue weighted by molar-refractivity contribution is 8.00. The third-order valence-electron chi connectivity index (χ3n) is 2.50. The molecule has 106 valence electrons. The van der Waals surface area contributed by atoms with E-state index in [1.165, 1.54) is 31.2 Å². The molecule has 0 aromatic heterocycles. The van der Waals surface area contributed by atoms with Crippen LogP contribution in [0.4, 0.5) is 13.2 Å². The number of thioether (sulfide) groups is 1. The van der Waals surface area contributed by atoms with E-state index in [0.717, 1.165) is 0 Å². The first-order chi connectivity index (χ1) is 8.69. The molecule has 0 spiro atoms. The van der Waals surface area contributed by atoms with Gasteiger partial charge in [0, 0.05) is 4.90 Å². The summed E-state index contributed by atoms with van der Waals surface area (Å²) in [5.74, 6) is -1.75. The van der Waals surface area contributed by atoms with Gasteiger partial charge in [0.15, 0.2) is 0 Å². The molecule has 2 unspecified atom stereocenters. The van der Waals surface area contributed by atoms with Gasteiger partial charge in [-0.05, 0) is 35.9 Å². The van der Waals surface area contributed by atoms with Crippen LogP contribution < -0.4 is 0 Å². The predicted octanol–water partition coefficient (Wildman–Crippen LogP) is 3.44. The Hall–Kier alpha value is -1.21. The van der Waals surface area contributed by atoms with E-state index in [1.807, 2.05) is 0 Å². The summed E-state index contributed by atoms with van der Waals surface area (Å²) in [6, 6.07) is 5.24. The molecule has 1 aromatic rings. The number of benzene rings is 1. The average Bonchev–Trinajstić information content (AvgIpc) is 2.27. The minimum atomic E-state index is -4.35. The predicted molar refractivity (Wildman–Crippen MR) is 64.7 cm³/mol. The molecule has 0 aliphatic rings. The van der Waals surface area contributed by atoms with Crippen LogP contribution >= 0.6 is 11.8 Å². The summed E-state index contributed by atoms with van der Waals surface area (Å²) >= 11 is -0.236. The first-order valence-corrected chi connectivity index (χ1v) is 6.27. The van der Waals surface area contributed by atoms with Crippen molar-refractivity contribution in [1.29, 1.82) is 0 Å². The molecule has 0 saturated heterocycles. The zero-order valence-electron chi connectivity index (χ0n) is 10.0. The van der Waals surface area contributed by atoms with Crippen LogP contribution in [-0.4, -0.2) is 21.7 Å². The second kappa shape index (κ2) is 6.29. The van der Waals surface area contributed by atoms with Gasteiger partial charge in [0.2, 0.25) is 0 Å². The Labute approximate surface area is 112 Å². The van der Waals surface area contributed by atoms with Crippen LogP contribution in [0.2, 0.25) is 0 Å². The van der Waals surface area contributed by atoms with Gasteiger partial charge in [-0.3, -0.25) is 4.79 Å². The van der Waals surface area contributed by atoms with Crippen LogP contribution in [0.1, 0.15) is 25.0 Å². The normalized spacial score (nSPS) is 15.0.